The Balaban J connectivity index is 1.70. The molecule has 4 rings (SSSR count). The van der Waals surface area contributed by atoms with E-state index in [-0.39, 0.29) is 0 Å². The monoisotopic (exact) mass is 378 g/mol. The number of nitrogens with one attached hydrogen (secondary N) is 1. The molecule has 0 spiro atoms. The van der Waals surface area contributed by atoms with Crippen LogP contribution in [0.1, 0.15) is 40.2 Å². The molecule has 27 heavy (non-hydrogen) atoms. The Morgan fingerprint density at radius 2 is 2.15 bits per heavy atom. The molecule has 0 radical (unpaired) electrons. The van der Waals surface area contributed by atoms with Crippen molar-refractivity contribution in [1.29, 1.82) is 0 Å². The fraction of sp³-hybridized carbons (Fsp3) is 0.286. The number of aromatic nitrogens is 2. The Morgan fingerprint density at radius 3 is 2.93 bits per heavy atom. The summed E-state index contributed by atoms with van der Waals surface area (Å²) in [7, 11) is 0. The van der Waals surface area contributed by atoms with Gasteiger partial charge in [0.1, 0.15) is 0 Å². The second-order valence-corrected chi connectivity index (χ2v) is 8.37. The first kappa shape index (κ1) is 17.7. The molecule has 0 saturated carbocycles. The van der Waals surface area contributed by atoms with Crippen LogP contribution in [0.3, 0.4) is 0 Å². The first-order valence-electron chi connectivity index (χ1n) is 9.14. The zero-order valence-electron chi connectivity index (χ0n) is 15.5. The molecule has 0 fully saturated rings. The van der Waals surface area contributed by atoms with E-state index in [0.29, 0.717) is 11.5 Å². The number of thiazole rings is 1. The average Bonchev–Trinajstić information content (AvgIpc) is 3.05. The van der Waals surface area contributed by atoms with E-state index in [1.165, 1.54) is 10.4 Å². The van der Waals surface area contributed by atoms with Gasteiger partial charge in [0.05, 0.1) is 5.69 Å². The fourth-order valence-electron chi connectivity index (χ4n) is 3.47. The molecule has 1 aromatic carbocycles. The van der Waals surface area contributed by atoms with Crippen LogP contribution in [-0.4, -0.2) is 15.9 Å². The highest BCUT2D eigenvalue weighted by atomic mass is 32.1. The number of primary amides is 1. The number of carbonyl (C=O) groups excluding carboxylic acids is 1. The van der Waals surface area contributed by atoms with E-state index in [1.807, 2.05) is 24.5 Å². The van der Waals surface area contributed by atoms with Crippen LogP contribution in [-0.2, 0) is 19.3 Å². The minimum absolute atomic E-state index is 0.424. The molecule has 3 N–H and O–H groups in total. The lowest BCUT2D eigenvalue weighted by molar-refractivity contribution is 0.100. The summed E-state index contributed by atoms with van der Waals surface area (Å²) in [6.07, 6.45) is 6.66. The predicted octanol–water partition coefficient (Wildman–Crippen LogP) is 4.34. The van der Waals surface area contributed by atoms with E-state index in [0.717, 1.165) is 46.9 Å². The Hall–Kier alpha value is -2.73. The Bertz CT molecular complexity index is 1010. The van der Waals surface area contributed by atoms with Gasteiger partial charge in [-0.15, -0.1) is 11.3 Å². The summed E-state index contributed by atoms with van der Waals surface area (Å²) in [6.45, 7) is 4.36. The number of aryl methyl sites for hydroxylation is 2. The molecule has 0 unspecified atom stereocenters. The van der Waals surface area contributed by atoms with E-state index in [2.05, 4.69) is 30.2 Å². The number of nitrogens with two attached hydrogens (primary N) is 1. The van der Waals surface area contributed by atoms with Crippen LogP contribution in [0.25, 0.3) is 11.3 Å². The van der Waals surface area contributed by atoms with Gasteiger partial charge in [-0.1, -0.05) is 19.9 Å². The highest BCUT2D eigenvalue weighted by Gasteiger charge is 2.21. The van der Waals surface area contributed by atoms with Gasteiger partial charge in [0.15, 0.2) is 5.13 Å². The molecule has 138 valence electrons. The van der Waals surface area contributed by atoms with Gasteiger partial charge in [0, 0.05) is 34.1 Å². The van der Waals surface area contributed by atoms with Crippen molar-refractivity contribution in [3.8, 4) is 11.3 Å². The lowest BCUT2D eigenvalue weighted by Gasteiger charge is -2.13. The molecule has 1 aliphatic carbocycles. The quantitative estimate of drug-likeness (QED) is 0.692. The number of anilines is 2. The van der Waals surface area contributed by atoms with E-state index < -0.39 is 5.91 Å². The largest absolute Gasteiger partial charge is 0.366 e. The second kappa shape index (κ2) is 7.12. The van der Waals surface area contributed by atoms with E-state index in [4.69, 9.17) is 10.7 Å². The molecular weight excluding hydrogens is 356 g/mol. The van der Waals surface area contributed by atoms with Gasteiger partial charge in [0.2, 0.25) is 5.91 Å². The van der Waals surface area contributed by atoms with Gasteiger partial charge >= 0.3 is 0 Å². The minimum atomic E-state index is -0.424. The van der Waals surface area contributed by atoms with Crippen LogP contribution in [0.2, 0.25) is 0 Å². The third-order valence-corrected chi connectivity index (χ3v) is 5.78. The molecule has 2 heterocycles. The van der Waals surface area contributed by atoms with Crippen LogP contribution < -0.4 is 11.1 Å². The zero-order valence-corrected chi connectivity index (χ0v) is 16.3. The normalized spacial score (nSPS) is 12.6. The van der Waals surface area contributed by atoms with Crippen LogP contribution >= 0.6 is 11.3 Å². The summed E-state index contributed by atoms with van der Waals surface area (Å²) in [5.74, 6) is 0.0833. The van der Waals surface area contributed by atoms with Crippen molar-refractivity contribution in [3.63, 3.8) is 0 Å². The first-order chi connectivity index (χ1) is 13.0. The average molecular weight is 379 g/mol. The smallest absolute Gasteiger partial charge is 0.248 e. The summed E-state index contributed by atoms with van der Waals surface area (Å²) >= 11 is 1.67. The fourth-order valence-corrected chi connectivity index (χ4v) is 4.45. The molecule has 3 aromatic rings. The number of carbonyl (C=O) groups is 1. The van der Waals surface area contributed by atoms with Crippen molar-refractivity contribution in [2.75, 3.05) is 5.32 Å². The molecule has 0 aliphatic heterocycles. The SMILES string of the molecule is CC(C)Cc1ccc(C(N)=O)cc1Nc1nc2c(s1)CCc1ccncc1-2. The van der Waals surface area contributed by atoms with Crippen LogP contribution in [0.4, 0.5) is 10.8 Å². The minimum Gasteiger partial charge on any atom is -0.366 e. The Labute approximate surface area is 162 Å². The number of fused-ring (bicyclic) bond motifs is 3. The second-order valence-electron chi connectivity index (χ2n) is 7.28. The van der Waals surface area contributed by atoms with Crippen molar-refractivity contribution >= 4 is 28.1 Å². The van der Waals surface area contributed by atoms with Crippen LogP contribution in [0.5, 0.6) is 0 Å². The summed E-state index contributed by atoms with van der Waals surface area (Å²) in [5, 5.41) is 4.28. The number of hydrogen-bond donors (Lipinski definition) is 2. The number of benzene rings is 1. The molecule has 6 heteroatoms. The molecule has 1 amide bonds. The van der Waals surface area contributed by atoms with Gasteiger partial charge in [0.25, 0.3) is 0 Å². The van der Waals surface area contributed by atoms with E-state index >= 15 is 0 Å². The van der Waals surface area contributed by atoms with Gasteiger partial charge < -0.3 is 11.1 Å². The number of rotatable bonds is 5. The van der Waals surface area contributed by atoms with Crippen molar-refractivity contribution in [3.05, 3.63) is 58.2 Å². The lowest BCUT2D eigenvalue weighted by atomic mass is 9.96. The van der Waals surface area contributed by atoms with Crippen LogP contribution in [0.15, 0.2) is 36.7 Å². The molecule has 2 aromatic heterocycles. The lowest BCUT2D eigenvalue weighted by Crippen LogP contribution is -2.12. The standard InChI is InChI=1S/C21H22N4OS/c1-12(2)9-14-3-4-15(20(22)26)10-17(14)24-21-25-19-16-11-23-8-7-13(16)5-6-18(19)27-21/h3-4,7-8,10-12H,5-6,9H2,1-2H3,(H2,22,26)(H,24,25). The highest BCUT2D eigenvalue weighted by Crippen LogP contribution is 2.39. The van der Waals surface area contributed by atoms with Crippen molar-refractivity contribution in [1.82, 2.24) is 9.97 Å². The van der Waals surface area contributed by atoms with Crippen LogP contribution in [0, 0.1) is 5.92 Å². The predicted molar refractivity (Wildman–Crippen MR) is 110 cm³/mol. The maximum Gasteiger partial charge on any atom is 0.248 e. The zero-order chi connectivity index (χ0) is 19.0. The summed E-state index contributed by atoms with van der Waals surface area (Å²) < 4.78 is 0. The number of nitrogens with zero attached hydrogens (tertiary/aromatic N) is 2. The summed E-state index contributed by atoms with van der Waals surface area (Å²) in [4.78, 5) is 22.0. The van der Waals surface area contributed by atoms with Gasteiger partial charge in [-0.05, 0) is 54.5 Å². The molecule has 5 nitrogen and oxygen atoms in total. The number of amides is 1. The van der Waals surface area contributed by atoms with Crippen molar-refractivity contribution in [2.24, 2.45) is 11.7 Å². The number of hydrogen-bond acceptors (Lipinski definition) is 5. The maximum atomic E-state index is 11.6. The van der Waals surface area contributed by atoms with E-state index in [9.17, 15) is 4.79 Å². The van der Waals surface area contributed by atoms with Crippen molar-refractivity contribution in [2.45, 2.75) is 33.1 Å². The van der Waals surface area contributed by atoms with E-state index in [1.54, 1.807) is 17.4 Å². The third-order valence-electron chi connectivity index (χ3n) is 4.75. The molecular formula is C21H22N4OS. The molecule has 0 bridgehead atoms. The number of pyridine rings is 1. The van der Waals surface area contributed by atoms with Gasteiger partial charge in [-0.25, -0.2) is 4.98 Å². The maximum absolute atomic E-state index is 11.6. The van der Waals surface area contributed by atoms with Gasteiger partial charge in [-0.2, -0.15) is 0 Å². The molecule has 0 atom stereocenters. The molecule has 0 saturated heterocycles. The third kappa shape index (κ3) is 3.57. The first-order valence-corrected chi connectivity index (χ1v) is 9.95. The summed E-state index contributed by atoms with van der Waals surface area (Å²) in [6, 6.07) is 7.67. The van der Waals surface area contributed by atoms with Gasteiger partial charge in [-0.3, -0.25) is 9.78 Å². The summed E-state index contributed by atoms with van der Waals surface area (Å²) in [5.41, 5.74) is 11.5. The Kier molecular flexibility index (Phi) is 4.66. The molecule has 1 aliphatic rings. The highest BCUT2D eigenvalue weighted by molar-refractivity contribution is 7.16. The topological polar surface area (TPSA) is 80.9 Å². The Morgan fingerprint density at radius 1 is 1.30 bits per heavy atom. The van der Waals surface area contributed by atoms with Crippen molar-refractivity contribution < 1.29 is 4.79 Å².